The minimum atomic E-state index is 0.268. The lowest BCUT2D eigenvalue weighted by atomic mass is 9.86. The van der Waals surface area contributed by atoms with Crippen molar-refractivity contribution in [1.82, 2.24) is 9.80 Å². The molecular formula is C15H31N3S. The molecule has 0 aromatic rings. The molecule has 0 radical (unpaired) electrons. The summed E-state index contributed by atoms with van der Waals surface area (Å²) in [6.45, 7) is 12.7. The molecule has 2 N–H and O–H groups in total. The molecule has 0 saturated carbocycles. The van der Waals surface area contributed by atoms with E-state index in [1.807, 2.05) is 0 Å². The number of rotatable bonds is 4. The molecule has 0 amide bonds. The summed E-state index contributed by atoms with van der Waals surface area (Å²) in [7, 11) is 0. The van der Waals surface area contributed by atoms with Crippen molar-refractivity contribution in [3.05, 3.63) is 0 Å². The van der Waals surface area contributed by atoms with Crippen LogP contribution in [-0.2, 0) is 0 Å². The number of piperazine rings is 1. The summed E-state index contributed by atoms with van der Waals surface area (Å²) >= 11 is 2.12. The van der Waals surface area contributed by atoms with Gasteiger partial charge in [-0.15, -0.1) is 0 Å². The minimum absolute atomic E-state index is 0.268. The zero-order valence-electron chi connectivity index (χ0n) is 12.9. The van der Waals surface area contributed by atoms with Gasteiger partial charge in [-0.3, -0.25) is 9.80 Å². The molecule has 0 aromatic heterocycles. The molecule has 0 spiro atoms. The maximum atomic E-state index is 6.21. The van der Waals surface area contributed by atoms with Crippen LogP contribution >= 0.6 is 11.8 Å². The molecule has 2 aliphatic heterocycles. The first-order valence-electron chi connectivity index (χ1n) is 7.95. The molecule has 2 fully saturated rings. The highest BCUT2D eigenvalue weighted by atomic mass is 32.2. The average molecular weight is 286 g/mol. The molecule has 0 bridgehead atoms. The molecule has 19 heavy (non-hydrogen) atoms. The molecule has 2 aliphatic rings. The summed E-state index contributed by atoms with van der Waals surface area (Å²) in [6, 6.07) is 0.731. The molecule has 112 valence electrons. The fraction of sp³-hybridized carbons (Fsp3) is 1.00. The highest BCUT2D eigenvalue weighted by Crippen LogP contribution is 2.38. The van der Waals surface area contributed by atoms with E-state index in [0.29, 0.717) is 5.25 Å². The summed E-state index contributed by atoms with van der Waals surface area (Å²) in [5.41, 5.74) is 6.48. The van der Waals surface area contributed by atoms with Crippen molar-refractivity contribution in [3.8, 4) is 0 Å². The topological polar surface area (TPSA) is 32.5 Å². The van der Waals surface area contributed by atoms with Crippen molar-refractivity contribution in [2.75, 3.05) is 38.5 Å². The number of hydrogen-bond acceptors (Lipinski definition) is 4. The van der Waals surface area contributed by atoms with E-state index < -0.39 is 0 Å². The minimum Gasteiger partial charge on any atom is -0.329 e. The number of thioether (sulfide) groups is 1. The third-order valence-corrected chi connectivity index (χ3v) is 6.85. The highest BCUT2D eigenvalue weighted by Gasteiger charge is 2.43. The van der Waals surface area contributed by atoms with E-state index in [1.54, 1.807) is 0 Å². The zero-order valence-corrected chi connectivity index (χ0v) is 13.7. The maximum absolute atomic E-state index is 6.21. The average Bonchev–Trinajstić information content (AvgIpc) is 2.47. The van der Waals surface area contributed by atoms with Crippen LogP contribution in [0.4, 0.5) is 0 Å². The van der Waals surface area contributed by atoms with Gasteiger partial charge < -0.3 is 5.73 Å². The Morgan fingerprint density at radius 3 is 2.53 bits per heavy atom. The van der Waals surface area contributed by atoms with Crippen molar-refractivity contribution in [3.63, 3.8) is 0 Å². The third kappa shape index (κ3) is 3.12. The van der Waals surface area contributed by atoms with Gasteiger partial charge in [-0.1, -0.05) is 13.8 Å². The second-order valence-electron chi connectivity index (χ2n) is 6.20. The molecule has 3 atom stereocenters. The third-order valence-electron chi connectivity index (χ3n) is 5.39. The van der Waals surface area contributed by atoms with Crippen molar-refractivity contribution in [2.24, 2.45) is 5.73 Å². The van der Waals surface area contributed by atoms with Gasteiger partial charge >= 0.3 is 0 Å². The van der Waals surface area contributed by atoms with E-state index in [2.05, 4.69) is 42.3 Å². The summed E-state index contributed by atoms with van der Waals surface area (Å²) in [5.74, 6) is 1.32. The van der Waals surface area contributed by atoms with Crippen LogP contribution < -0.4 is 5.73 Å². The van der Waals surface area contributed by atoms with Crippen LogP contribution in [0.2, 0.25) is 0 Å². The molecule has 0 aromatic carbocycles. The van der Waals surface area contributed by atoms with Gasteiger partial charge in [-0.05, 0) is 31.9 Å². The zero-order chi connectivity index (χ0) is 13.9. The maximum Gasteiger partial charge on any atom is 0.0448 e. The fourth-order valence-electron chi connectivity index (χ4n) is 3.68. The molecule has 3 unspecified atom stereocenters. The van der Waals surface area contributed by atoms with Crippen LogP contribution in [0.3, 0.4) is 0 Å². The van der Waals surface area contributed by atoms with Crippen molar-refractivity contribution >= 4 is 11.8 Å². The van der Waals surface area contributed by atoms with Gasteiger partial charge in [-0.2, -0.15) is 11.8 Å². The van der Waals surface area contributed by atoms with E-state index in [-0.39, 0.29) is 5.54 Å². The summed E-state index contributed by atoms with van der Waals surface area (Å²) in [6.07, 6.45) is 3.88. The van der Waals surface area contributed by atoms with Crippen LogP contribution in [0, 0.1) is 0 Å². The van der Waals surface area contributed by atoms with E-state index in [9.17, 15) is 0 Å². The summed E-state index contributed by atoms with van der Waals surface area (Å²) < 4.78 is 0. The molecule has 2 rings (SSSR count). The second kappa shape index (κ2) is 6.79. The van der Waals surface area contributed by atoms with E-state index in [4.69, 9.17) is 5.73 Å². The van der Waals surface area contributed by atoms with E-state index in [0.717, 1.165) is 12.6 Å². The number of nitrogens with zero attached hydrogens (tertiary/aromatic N) is 2. The lowest BCUT2D eigenvalue weighted by Crippen LogP contribution is -2.65. The Hall–Kier alpha value is 0.230. The lowest BCUT2D eigenvalue weighted by Gasteiger charge is -2.52. The van der Waals surface area contributed by atoms with E-state index in [1.165, 1.54) is 51.2 Å². The Labute approximate surface area is 123 Å². The molecule has 0 aliphatic carbocycles. The standard InChI is InChI=1S/C15H31N3S/c1-4-13(2)17-7-9-18(10-8-17)15(12-16)6-5-11-19-14(15)3/h13-14H,4-12,16H2,1-3H3. The summed E-state index contributed by atoms with van der Waals surface area (Å²) in [4.78, 5) is 5.35. The van der Waals surface area contributed by atoms with Crippen LogP contribution in [0.25, 0.3) is 0 Å². The Morgan fingerprint density at radius 2 is 2.00 bits per heavy atom. The molecular weight excluding hydrogens is 254 g/mol. The van der Waals surface area contributed by atoms with E-state index >= 15 is 0 Å². The monoisotopic (exact) mass is 285 g/mol. The molecule has 3 nitrogen and oxygen atoms in total. The van der Waals surface area contributed by atoms with Crippen LogP contribution in [0.5, 0.6) is 0 Å². The van der Waals surface area contributed by atoms with Gasteiger partial charge in [0, 0.05) is 49.6 Å². The normalized spacial score (nSPS) is 36.3. The van der Waals surface area contributed by atoms with Gasteiger partial charge in [0.25, 0.3) is 0 Å². The summed E-state index contributed by atoms with van der Waals surface area (Å²) in [5, 5.41) is 0.682. The largest absolute Gasteiger partial charge is 0.329 e. The quantitative estimate of drug-likeness (QED) is 0.856. The lowest BCUT2D eigenvalue weighted by molar-refractivity contribution is 0.0168. The van der Waals surface area contributed by atoms with Crippen molar-refractivity contribution in [1.29, 1.82) is 0 Å². The van der Waals surface area contributed by atoms with Crippen LogP contribution in [0.15, 0.2) is 0 Å². The Balaban J connectivity index is 1.98. The van der Waals surface area contributed by atoms with Gasteiger partial charge in [-0.25, -0.2) is 0 Å². The Morgan fingerprint density at radius 1 is 1.32 bits per heavy atom. The van der Waals surface area contributed by atoms with Crippen molar-refractivity contribution < 1.29 is 0 Å². The predicted octanol–water partition coefficient (Wildman–Crippen LogP) is 2.02. The molecule has 2 heterocycles. The second-order valence-corrected chi connectivity index (χ2v) is 7.65. The smallest absolute Gasteiger partial charge is 0.0448 e. The first-order chi connectivity index (χ1) is 9.14. The first-order valence-corrected chi connectivity index (χ1v) is 8.99. The highest BCUT2D eigenvalue weighted by molar-refractivity contribution is 8.00. The van der Waals surface area contributed by atoms with Gasteiger partial charge in [0.05, 0.1) is 0 Å². The van der Waals surface area contributed by atoms with Crippen molar-refractivity contribution in [2.45, 2.75) is 56.9 Å². The van der Waals surface area contributed by atoms with Crippen LogP contribution in [0.1, 0.15) is 40.0 Å². The molecule has 2 saturated heterocycles. The SMILES string of the molecule is CCC(C)N1CCN(C2(CN)CCCSC2C)CC1. The first kappa shape index (κ1) is 15.6. The number of hydrogen-bond donors (Lipinski definition) is 1. The van der Waals surface area contributed by atoms with Gasteiger partial charge in [0.1, 0.15) is 0 Å². The molecule has 4 heteroatoms. The Kier molecular flexibility index (Phi) is 5.58. The van der Waals surface area contributed by atoms with Crippen LogP contribution in [-0.4, -0.2) is 65.1 Å². The van der Waals surface area contributed by atoms with Gasteiger partial charge in [0.2, 0.25) is 0 Å². The number of nitrogens with two attached hydrogens (primary N) is 1. The van der Waals surface area contributed by atoms with Gasteiger partial charge in [0.15, 0.2) is 0 Å². The predicted molar refractivity (Wildman–Crippen MR) is 85.8 cm³/mol. The fourth-order valence-corrected chi connectivity index (χ4v) is 5.01. The Bertz CT molecular complexity index is 279.